The van der Waals surface area contributed by atoms with E-state index in [0.717, 1.165) is 0 Å². The van der Waals surface area contributed by atoms with Crippen LogP contribution in [0.4, 0.5) is 5.69 Å². The monoisotopic (exact) mass is 229 g/mol. The highest BCUT2D eigenvalue weighted by molar-refractivity contribution is 6.50. The van der Waals surface area contributed by atoms with E-state index in [1.165, 1.54) is 18.2 Å². The van der Waals surface area contributed by atoms with Crippen LogP contribution in [-0.4, -0.2) is 21.6 Å². The van der Waals surface area contributed by atoms with Gasteiger partial charge in [0.15, 0.2) is 0 Å². The van der Waals surface area contributed by atoms with E-state index < -0.39 is 0 Å². The maximum atomic E-state index is 9.51. The van der Waals surface area contributed by atoms with E-state index in [0.29, 0.717) is 17.1 Å². The molecule has 1 aliphatic carbocycles. The van der Waals surface area contributed by atoms with Crippen LogP contribution in [-0.2, 0) is 0 Å². The molecule has 0 radical (unpaired) electrons. The number of nitrogens with one attached hydrogen (secondary N) is 2. The van der Waals surface area contributed by atoms with Crippen LogP contribution in [0.5, 0.6) is 11.5 Å². The van der Waals surface area contributed by atoms with Crippen molar-refractivity contribution in [1.82, 2.24) is 0 Å². The van der Waals surface area contributed by atoms with Gasteiger partial charge in [-0.15, -0.1) is 0 Å². The van der Waals surface area contributed by atoms with Crippen molar-refractivity contribution < 1.29 is 10.2 Å². The molecular weight excluding hydrogens is 218 g/mol. The molecule has 1 aromatic carbocycles. The Labute approximate surface area is 97.9 Å². The van der Waals surface area contributed by atoms with Crippen molar-refractivity contribution in [3.05, 3.63) is 42.5 Å². The van der Waals surface area contributed by atoms with Crippen molar-refractivity contribution in [3.63, 3.8) is 0 Å². The van der Waals surface area contributed by atoms with Crippen molar-refractivity contribution in [2.24, 2.45) is 5.10 Å². The third-order valence-corrected chi connectivity index (χ3v) is 2.18. The SMILES string of the molecule is N=C1C=CC=C/C1=N/Nc1ccc(O)cc1O. The van der Waals surface area contributed by atoms with E-state index in [9.17, 15) is 5.11 Å². The van der Waals surface area contributed by atoms with Crippen LogP contribution in [0.2, 0.25) is 0 Å². The van der Waals surface area contributed by atoms with Crippen LogP contribution in [0.25, 0.3) is 0 Å². The van der Waals surface area contributed by atoms with Gasteiger partial charge in [0.05, 0.1) is 11.4 Å². The Morgan fingerprint density at radius 3 is 2.59 bits per heavy atom. The van der Waals surface area contributed by atoms with E-state index in [2.05, 4.69) is 10.5 Å². The minimum absolute atomic E-state index is 0.0195. The Bertz CT molecular complexity index is 545. The molecule has 0 fully saturated rings. The molecule has 0 aromatic heterocycles. The molecule has 5 nitrogen and oxygen atoms in total. The molecule has 4 N–H and O–H groups in total. The average molecular weight is 229 g/mol. The molecule has 0 unspecified atom stereocenters. The Balaban J connectivity index is 2.17. The number of hydrazone groups is 1. The van der Waals surface area contributed by atoms with Gasteiger partial charge in [-0.1, -0.05) is 12.2 Å². The number of hydrogen-bond acceptors (Lipinski definition) is 5. The lowest BCUT2D eigenvalue weighted by Crippen LogP contribution is -2.11. The predicted molar refractivity (Wildman–Crippen MR) is 66.8 cm³/mol. The zero-order valence-electron chi connectivity index (χ0n) is 8.88. The fraction of sp³-hybridized carbons (Fsp3) is 0. The molecule has 0 spiro atoms. The second-order valence-electron chi connectivity index (χ2n) is 3.44. The number of allylic oxidation sites excluding steroid dienone is 4. The molecular formula is C12H11N3O2. The molecule has 0 amide bonds. The van der Waals surface area contributed by atoms with Gasteiger partial charge in [0.2, 0.25) is 0 Å². The highest BCUT2D eigenvalue weighted by Gasteiger charge is 2.05. The number of aromatic hydroxyl groups is 2. The van der Waals surface area contributed by atoms with Gasteiger partial charge in [0.1, 0.15) is 17.2 Å². The first-order chi connectivity index (χ1) is 8.16. The predicted octanol–water partition coefficient (Wildman–Crippen LogP) is 2.01. The maximum Gasteiger partial charge on any atom is 0.144 e. The minimum Gasteiger partial charge on any atom is -0.508 e. The molecule has 0 aliphatic heterocycles. The number of rotatable bonds is 2. The van der Waals surface area contributed by atoms with Gasteiger partial charge in [0, 0.05) is 6.07 Å². The van der Waals surface area contributed by atoms with Gasteiger partial charge < -0.3 is 10.2 Å². The smallest absolute Gasteiger partial charge is 0.144 e. The Morgan fingerprint density at radius 2 is 1.88 bits per heavy atom. The summed E-state index contributed by atoms with van der Waals surface area (Å²) in [6.45, 7) is 0. The summed E-state index contributed by atoms with van der Waals surface area (Å²) >= 11 is 0. The molecule has 0 bridgehead atoms. The fourth-order valence-electron chi connectivity index (χ4n) is 1.31. The van der Waals surface area contributed by atoms with E-state index in [1.54, 1.807) is 24.3 Å². The average Bonchev–Trinajstić information content (AvgIpc) is 2.30. The van der Waals surface area contributed by atoms with Crippen LogP contribution in [0.1, 0.15) is 0 Å². The quantitative estimate of drug-likeness (QED) is 0.271. The van der Waals surface area contributed by atoms with Gasteiger partial charge in [-0.05, 0) is 24.3 Å². The number of hydrogen-bond donors (Lipinski definition) is 4. The second kappa shape index (κ2) is 4.52. The largest absolute Gasteiger partial charge is 0.508 e. The van der Waals surface area contributed by atoms with Crippen LogP contribution in [0, 0.1) is 5.41 Å². The number of phenolic OH excluding ortho intramolecular Hbond substituents is 2. The molecule has 0 heterocycles. The van der Waals surface area contributed by atoms with Crippen LogP contribution < -0.4 is 5.43 Å². The van der Waals surface area contributed by atoms with Gasteiger partial charge in [-0.25, -0.2) is 0 Å². The van der Waals surface area contributed by atoms with Gasteiger partial charge in [0.25, 0.3) is 0 Å². The summed E-state index contributed by atoms with van der Waals surface area (Å²) in [6.07, 6.45) is 6.83. The summed E-state index contributed by atoms with van der Waals surface area (Å²) < 4.78 is 0. The van der Waals surface area contributed by atoms with Crippen molar-refractivity contribution in [1.29, 1.82) is 5.41 Å². The van der Waals surface area contributed by atoms with Crippen LogP contribution in [0.15, 0.2) is 47.6 Å². The normalized spacial score (nSPS) is 16.5. The lowest BCUT2D eigenvalue weighted by atomic mass is 10.1. The molecule has 17 heavy (non-hydrogen) atoms. The van der Waals surface area contributed by atoms with E-state index in [-0.39, 0.29) is 11.5 Å². The highest BCUT2D eigenvalue weighted by atomic mass is 16.3. The van der Waals surface area contributed by atoms with Crippen LogP contribution >= 0.6 is 0 Å². The summed E-state index contributed by atoms with van der Waals surface area (Å²) in [6, 6.07) is 4.15. The third-order valence-electron chi connectivity index (χ3n) is 2.18. The van der Waals surface area contributed by atoms with Gasteiger partial charge >= 0.3 is 0 Å². The number of anilines is 1. The fourth-order valence-corrected chi connectivity index (χ4v) is 1.31. The Hall–Kier alpha value is -2.56. The minimum atomic E-state index is -0.101. The second-order valence-corrected chi connectivity index (χ2v) is 3.44. The first kappa shape index (κ1) is 10.9. The summed E-state index contributed by atoms with van der Waals surface area (Å²) in [5.41, 5.74) is 3.77. The van der Waals surface area contributed by atoms with E-state index in [1.807, 2.05) is 0 Å². The molecule has 0 saturated heterocycles. The van der Waals surface area contributed by atoms with Crippen molar-refractivity contribution in [2.45, 2.75) is 0 Å². The van der Waals surface area contributed by atoms with E-state index in [4.69, 9.17) is 10.5 Å². The van der Waals surface area contributed by atoms with Crippen molar-refractivity contribution in [3.8, 4) is 11.5 Å². The molecule has 0 saturated carbocycles. The molecule has 1 aromatic rings. The molecule has 0 atom stereocenters. The topological polar surface area (TPSA) is 88.7 Å². The first-order valence-corrected chi connectivity index (χ1v) is 4.96. The lowest BCUT2D eigenvalue weighted by Gasteiger charge is -2.06. The zero-order chi connectivity index (χ0) is 12.3. The summed E-state index contributed by atoms with van der Waals surface area (Å²) in [5, 5.41) is 30.2. The zero-order valence-corrected chi connectivity index (χ0v) is 8.88. The lowest BCUT2D eigenvalue weighted by molar-refractivity contribution is 0.452. The molecule has 5 heteroatoms. The Kier molecular flexibility index (Phi) is 2.91. The number of nitrogens with zero attached hydrogens (tertiary/aromatic N) is 1. The van der Waals surface area contributed by atoms with E-state index >= 15 is 0 Å². The number of phenols is 2. The Morgan fingerprint density at radius 1 is 1.12 bits per heavy atom. The first-order valence-electron chi connectivity index (χ1n) is 4.96. The third kappa shape index (κ3) is 2.52. The number of benzene rings is 1. The van der Waals surface area contributed by atoms with Gasteiger partial charge in [-0.3, -0.25) is 10.8 Å². The van der Waals surface area contributed by atoms with Crippen LogP contribution in [0.3, 0.4) is 0 Å². The summed E-state index contributed by atoms with van der Waals surface area (Å²) in [7, 11) is 0. The van der Waals surface area contributed by atoms with Gasteiger partial charge in [-0.2, -0.15) is 5.10 Å². The maximum absolute atomic E-state index is 9.51. The summed E-state index contributed by atoms with van der Waals surface area (Å²) in [4.78, 5) is 0. The van der Waals surface area contributed by atoms with Crippen molar-refractivity contribution in [2.75, 3.05) is 5.43 Å². The molecule has 86 valence electrons. The molecule has 2 rings (SSSR count). The standard InChI is InChI=1S/C12H11N3O2/c13-9-3-1-2-4-10(9)14-15-11-6-5-8(16)7-12(11)17/h1-7,13,15-17H/b13-9?,14-10-. The highest BCUT2D eigenvalue weighted by Crippen LogP contribution is 2.27. The molecule has 1 aliphatic rings. The van der Waals surface area contributed by atoms with Crippen molar-refractivity contribution >= 4 is 17.1 Å². The summed E-state index contributed by atoms with van der Waals surface area (Å²) in [5.74, 6) is -0.120.